The average Bonchev–Trinajstić information content (AvgIpc) is 3.08. The Morgan fingerprint density at radius 3 is 2.71 bits per heavy atom. The van der Waals surface area contributed by atoms with Crippen LogP contribution in [0.3, 0.4) is 0 Å². The van der Waals surface area contributed by atoms with Crippen molar-refractivity contribution in [1.29, 1.82) is 0 Å². The van der Waals surface area contributed by atoms with Gasteiger partial charge in [0.25, 0.3) is 0 Å². The van der Waals surface area contributed by atoms with Gasteiger partial charge in [-0.25, -0.2) is 0 Å². The van der Waals surface area contributed by atoms with Crippen molar-refractivity contribution in [2.24, 2.45) is 10.9 Å². The van der Waals surface area contributed by atoms with Crippen molar-refractivity contribution in [1.82, 2.24) is 10.2 Å². The second kappa shape index (κ2) is 9.52. The van der Waals surface area contributed by atoms with Gasteiger partial charge in [-0.05, 0) is 30.0 Å². The maximum Gasteiger partial charge on any atom is 0.193 e. The number of aliphatic imine (C=N–C) groups is 1. The molecule has 0 aromatic heterocycles. The van der Waals surface area contributed by atoms with Crippen LogP contribution in [0.2, 0.25) is 0 Å². The molecule has 1 aliphatic rings. The lowest BCUT2D eigenvalue weighted by molar-refractivity contribution is 0.181. The monoisotopic (exact) mass is 333 g/mol. The molecule has 1 aromatic carbocycles. The van der Waals surface area contributed by atoms with Crippen LogP contribution in [-0.4, -0.2) is 57.9 Å². The largest absolute Gasteiger partial charge is 0.492 e. The van der Waals surface area contributed by atoms with Crippen LogP contribution < -0.4 is 10.1 Å². The van der Waals surface area contributed by atoms with Gasteiger partial charge in [0, 0.05) is 33.2 Å². The van der Waals surface area contributed by atoms with E-state index in [0.717, 1.165) is 44.4 Å². The lowest BCUT2D eigenvalue weighted by Crippen LogP contribution is -2.42. The third kappa shape index (κ3) is 5.71. The molecule has 134 valence electrons. The number of benzene rings is 1. The number of guanidine groups is 1. The summed E-state index contributed by atoms with van der Waals surface area (Å²) in [7, 11) is 3.88. The molecule has 0 radical (unpaired) electrons. The molecule has 0 aliphatic carbocycles. The lowest BCUT2D eigenvalue weighted by Gasteiger charge is -2.24. The van der Waals surface area contributed by atoms with Crippen molar-refractivity contribution < 1.29 is 9.47 Å². The van der Waals surface area contributed by atoms with Crippen LogP contribution in [0.25, 0.3) is 0 Å². The Kier molecular flexibility index (Phi) is 7.37. The van der Waals surface area contributed by atoms with Crippen molar-refractivity contribution in [2.45, 2.75) is 26.2 Å². The van der Waals surface area contributed by atoms with Crippen LogP contribution in [0, 0.1) is 5.92 Å². The number of hydrogen-bond acceptors (Lipinski definition) is 3. The predicted octanol–water partition coefficient (Wildman–Crippen LogP) is 2.73. The second-order valence-electron chi connectivity index (χ2n) is 6.66. The van der Waals surface area contributed by atoms with Gasteiger partial charge in [0.1, 0.15) is 12.4 Å². The SMILES string of the molecule is CN=C(NCCOc1ccc(C(C)C)cc1)N(C)CC1CCOC1. The maximum absolute atomic E-state index is 5.79. The van der Waals surface area contributed by atoms with Gasteiger partial charge in [-0.15, -0.1) is 0 Å². The van der Waals surface area contributed by atoms with E-state index in [1.54, 1.807) is 0 Å². The first-order valence-corrected chi connectivity index (χ1v) is 8.82. The molecular weight excluding hydrogens is 302 g/mol. The topological polar surface area (TPSA) is 46.1 Å². The molecule has 2 rings (SSSR count). The third-order valence-electron chi connectivity index (χ3n) is 4.33. The summed E-state index contributed by atoms with van der Waals surface area (Å²) in [6.45, 7) is 8.44. The Morgan fingerprint density at radius 1 is 1.38 bits per heavy atom. The van der Waals surface area contributed by atoms with Crippen molar-refractivity contribution in [3.63, 3.8) is 0 Å². The normalized spacial score (nSPS) is 18.0. The highest BCUT2D eigenvalue weighted by Crippen LogP contribution is 2.18. The summed E-state index contributed by atoms with van der Waals surface area (Å²) >= 11 is 0. The fourth-order valence-electron chi connectivity index (χ4n) is 2.87. The zero-order chi connectivity index (χ0) is 17.4. The Balaban J connectivity index is 1.69. The summed E-state index contributed by atoms with van der Waals surface area (Å²) in [5.74, 6) is 2.96. The minimum atomic E-state index is 0.546. The summed E-state index contributed by atoms with van der Waals surface area (Å²) in [5, 5.41) is 3.35. The van der Waals surface area contributed by atoms with Gasteiger partial charge < -0.3 is 19.7 Å². The van der Waals surface area contributed by atoms with Crippen LogP contribution in [-0.2, 0) is 4.74 Å². The molecular formula is C19H31N3O2. The van der Waals surface area contributed by atoms with E-state index < -0.39 is 0 Å². The Morgan fingerprint density at radius 2 is 2.12 bits per heavy atom. The van der Waals surface area contributed by atoms with Crippen LogP contribution >= 0.6 is 0 Å². The third-order valence-corrected chi connectivity index (χ3v) is 4.33. The maximum atomic E-state index is 5.79. The summed E-state index contributed by atoms with van der Waals surface area (Å²) < 4.78 is 11.2. The second-order valence-corrected chi connectivity index (χ2v) is 6.66. The van der Waals surface area contributed by atoms with E-state index in [2.05, 4.69) is 48.2 Å². The molecule has 1 fully saturated rings. The molecule has 0 saturated carbocycles. The first-order chi connectivity index (χ1) is 11.6. The molecule has 1 heterocycles. The zero-order valence-electron chi connectivity index (χ0n) is 15.4. The molecule has 1 N–H and O–H groups in total. The minimum Gasteiger partial charge on any atom is -0.492 e. The quantitative estimate of drug-likeness (QED) is 0.473. The highest BCUT2D eigenvalue weighted by Gasteiger charge is 2.18. The molecule has 0 bridgehead atoms. The molecule has 5 heteroatoms. The van der Waals surface area contributed by atoms with Crippen LogP contribution in [0.5, 0.6) is 5.75 Å². The molecule has 1 unspecified atom stereocenters. The summed E-state index contributed by atoms with van der Waals surface area (Å²) in [5.41, 5.74) is 1.33. The number of rotatable bonds is 7. The summed E-state index contributed by atoms with van der Waals surface area (Å²) in [6.07, 6.45) is 1.14. The van der Waals surface area contributed by atoms with Crippen LogP contribution in [0.4, 0.5) is 0 Å². The lowest BCUT2D eigenvalue weighted by atomic mass is 10.0. The van der Waals surface area contributed by atoms with Crippen LogP contribution in [0.1, 0.15) is 31.7 Å². The number of hydrogen-bond donors (Lipinski definition) is 1. The van der Waals surface area contributed by atoms with Gasteiger partial charge in [-0.1, -0.05) is 26.0 Å². The first kappa shape index (κ1) is 18.6. The Hall–Kier alpha value is -1.75. The molecule has 1 aromatic rings. The van der Waals surface area contributed by atoms with E-state index in [1.807, 2.05) is 19.2 Å². The van der Waals surface area contributed by atoms with Gasteiger partial charge in [-0.2, -0.15) is 0 Å². The number of ether oxygens (including phenoxy) is 2. The highest BCUT2D eigenvalue weighted by molar-refractivity contribution is 5.79. The molecule has 0 amide bonds. The van der Waals surface area contributed by atoms with Gasteiger partial charge in [0.05, 0.1) is 13.2 Å². The number of nitrogens with one attached hydrogen (secondary N) is 1. The molecule has 1 saturated heterocycles. The van der Waals surface area contributed by atoms with Gasteiger partial charge in [0.15, 0.2) is 5.96 Å². The standard InChI is InChI=1S/C19H31N3O2/c1-15(2)17-5-7-18(8-6-17)24-12-10-21-19(20-3)22(4)13-16-9-11-23-14-16/h5-8,15-16H,9-14H2,1-4H3,(H,20,21). The fourth-order valence-corrected chi connectivity index (χ4v) is 2.87. The fraction of sp³-hybridized carbons (Fsp3) is 0.632. The highest BCUT2D eigenvalue weighted by atomic mass is 16.5. The first-order valence-electron chi connectivity index (χ1n) is 8.82. The smallest absolute Gasteiger partial charge is 0.193 e. The van der Waals surface area contributed by atoms with Gasteiger partial charge >= 0.3 is 0 Å². The van der Waals surface area contributed by atoms with E-state index in [4.69, 9.17) is 9.47 Å². The minimum absolute atomic E-state index is 0.546. The molecule has 0 spiro atoms. The van der Waals surface area contributed by atoms with Gasteiger partial charge in [0.2, 0.25) is 0 Å². The average molecular weight is 333 g/mol. The van der Waals surface area contributed by atoms with E-state index in [0.29, 0.717) is 18.4 Å². The Bertz CT molecular complexity index is 508. The van der Waals surface area contributed by atoms with Crippen molar-refractivity contribution >= 4 is 5.96 Å². The van der Waals surface area contributed by atoms with E-state index in [9.17, 15) is 0 Å². The number of nitrogens with zero attached hydrogens (tertiary/aromatic N) is 2. The summed E-state index contributed by atoms with van der Waals surface area (Å²) in [6, 6.07) is 8.33. The van der Waals surface area contributed by atoms with Crippen molar-refractivity contribution in [2.75, 3.05) is 47.0 Å². The summed E-state index contributed by atoms with van der Waals surface area (Å²) in [4.78, 5) is 6.50. The van der Waals surface area contributed by atoms with E-state index in [1.165, 1.54) is 5.56 Å². The van der Waals surface area contributed by atoms with Gasteiger partial charge in [-0.3, -0.25) is 4.99 Å². The van der Waals surface area contributed by atoms with E-state index in [-0.39, 0.29) is 0 Å². The van der Waals surface area contributed by atoms with Crippen LogP contribution in [0.15, 0.2) is 29.3 Å². The molecule has 5 nitrogen and oxygen atoms in total. The molecule has 1 atom stereocenters. The van der Waals surface area contributed by atoms with E-state index >= 15 is 0 Å². The molecule has 24 heavy (non-hydrogen) atoms. The molecule has 1 aliphatic heterocycles. The Labute approximate surface area is 146 Å². The van der Waals surface area contributed by atoms with Crippen molar-refractivity contribution in [3.8, 4) is 5.75 Å². The van der Waals surface area contributed by atoms with Crippen molar-refractivity contribution in [3.05, 3.63) is 29.8 Å². The zero-order valence-corrected chi connectivity index (χ0v) is 15.4. The predicted molar refractivity (Wildman–Crippen MR) is 98.9 cm³/mol.